The highest BCUT2D eigenvalue weighted by Gasteiger charge is 1.94. The van der Waals surface area contributed by atoms with Gasteiger partial charge in [-0.25, -0.2) is 0 Å². The molecule has 0 aliphatic rings. The van der Waals surface area contributed by atoms with Gasteiger partial charge < -0.3 is 10.1 Å². The molecule has 1 rings (SSSR count). The molecule has 0 aromatic heterocycles. The van der Waals surface area contributed by atoms with Crippen molar-refractivity contribution in [3.8, 4) is 5.75 Å². The number of hydrogen-bond acceptors (Lipinski definition) is 3. The SMILES string of the molecule is CCCCCOc1ccc(C=NNC(=S)NCC)cc1. The lowest BCUT2D eigenvalue weighted by atomic mass is 10.2. The summed E-state index contributed by atoms with van der Waals surface area (Å²) >= 11 is 5.00. The van der Waals surface area contributed by atoms with Crippen LogP contribution in [0.3, 0.4) is 0 Å². The number of nitrogens with zero attached hydrogens (tertiary/aromatic N) is 1. The molecule has 0 unspecified atom stereocenters. The summed E-state index contributed by atoms with van der Waals surface area (Å²) in [5, 5.41) is 7.55. The lowest BCUT2D eigenvalue weighted by Gasteiger charge is -2.05. The Labute approximate surface area is 126 Å². The second kappa shape index (κ2) is 10.2. The van der Waals surface area contributed by atoms with E-state index in [-0.39, 0.29) is 0 Å². The Hall–Kier alpha value is -1.62. The zero-order chi connectivity index (χ0) is 14.6. The van der Waals surface area contributed by atoms with Gasteiger partial charge in [0.15, 0.2) is 5.11 Å². The van der Waals surface area contributed by atoms with E-state index in [1.807, 2.05) is 31.2 Å². The fourth-order valence-electron chi connectivity index (χ4n) is 1.56. The highest BCUT2D eigenvalue weighted by molar-refractivity contribution is 7.80. The predicted molar refractivity (Wildman–Crippen MR) is 88.5 cm³/mol. The fourth-order valence-corrected chi connectivity index (χ4v) is 1.75. The molecule has 0 radical (unpaired) electrons. The van der Waals surface area contributed by atoms with Gasteiger partial charge in [-0.15, -0.1) is 0 Å². The van der Waals surface area contributed by atoms with Crippen molar-refractivity contribution in [2.24, 2.45) is 5.10 Å². The van der Waals surface area contributed by atoms with Gasteiger partial charge in [0.25, 0.3) is 0 Å². The topological polar surface area (TPSA) is 45.6 Å². The average molecular weight is 293 g/mol. The van der Waals surface area contributed by atoms with E-state index in [1.54, 1.807) is 6.21 Å². The number of ether oxygens (including phenoxy) is 1. The molecule has 0 spiro atoms. The smallest absolute Gasteiger partial charge is 0.186 e. The minimum absolute atomic E-state index is 0.527. The molecule has 1 aromatic carbocycles. The molecule has 20 heavy (non-hydrogen) atoms. The number of rotatable bonds is 8. The quantitative estimate of drug-likeness (QED) is 0.335. The van der Waals surface area contributed by atoms with Gasteiger partial charge >= 0.3 is 0 Å². The van der Waals surface area contributed by atoms with Crippen LogP contribution in [0.2, 0.25) is 0 Å². The number of hydrazone groups is 1. The van der Waals surface area contributed by atoms with E-state index in [2.05, 4.69) is 22.8 Å². The van der Waals surface area contributed by atoms with E-state index in [0.29, 0.717) is 5.11 Å². The molecule has 4 nitrogen and oxygen atoms in total. The molecule has 0 aliphatic carbocycles. The minimum atomic E-state index is 0.527. The van der Waals surface area contributed by atoms with E-state index in [0.717, 1.165) is 30.9 Å². The fraction of sp³-hybridized carbons (Fsp3) is 0.467. The van der Waals surface area contributed by atoms with Crippen LogP contribution >= 0.6 is 12.2 Å². The van der Waals surface area contributed by atoms with Gasteiger partial charge in [0.05, 0.1) is 12.8 Å². The second-order valence-electron chi connectivity index (χ2n) is 4.35. The maximum absolute atomic E-state index is 5.65. The van der Waals surface area contributed by atoms with Gasteiger partial charge in [-0.1, -0.05) is 19.8 Å². The molecule has 0 bridgehead atoms. The first-order chi connectivity index (χ1) is 9.76. The van der Waals surface area contributed by atoms with Crippen LogP contribution in [-0.2, 0) is 0 Å². The molecule has 0 heterocycles. The molecular formula is C15H23N3OS. The molecule has 0 fully saturated rings. The Balaban J connectivity index is 2.34. The third-order valence-corrected chi connectivity index (χ3v) is 2.85. The maximum atomic E-state index is 5.65. The number of unbranched alkanes of at least 4 members (excludes halogenated alkanes) is 2. The summed E-state index contributed by atoms with van der Waals surface area (Å²) in [5.74, 6) is 0.898. The maximum Gasteiger partial charge on any atom is 0.186 e. The van der Waals surface area contributed by atoms with Crippen LogP contribution in [0.15, 0.2) is 29.4 Å². The van der Waals surface area contributed by atoms with Crippen LogP contribution in [0.4, 0.5) is 0 Å². The zero-order valence-electron chi connectivity index (χ0n) is 12.2. The molecule has 5 heteroatoms. The molecule has 0 saturated heterocycles. The van der Waals surface area contributed by atoms with E-state index in [9.17, 15) is 0 Å². The number of benzene rings is 1. The van der Waals surface area contributed by atoms with Crippen molar-refractivity contribution in [3.63, 3.8) is 0 Å². The van der Waals surface area contributed by atoms with Crippen LogP contribution in [-0.4, -0.2) is 24.5 Å². The summed E-state index contributed by atoms with van der Waals surface area (Å²) in [4.78, 5) is 0. The predicted octanol–water partition coefficient (Wildman–Crippen LogP) is 3.07. The third kappa shape index (κ3) is 7.09. The van der Waals surface area contributed by atoms with Gasteiger partial charge in [-0.2, -0.15) is 5.10 Å². The molecule has 110 valence electrons. The van der Waals surface area contributed by atoms with Gasteiger partial charge in [-0.05, 0) is 55.4 Å². The molecule has 1 aromatic rings. The third-order valence-electron chi connectivity index (χ3n) is 2.61. The van der Waals surface area contributed by atoms with Crippen molar-refractivity contribution in [1.82, 2.24) is 10.7 Å². The van der Waals surface area contributed by atoms with Gasteiger partial charge in [0.1, 0.15) is 5.75 Å². The van der Waals surface area contributed by atoms with E-state index in [4.69, 9.17) is 17.0 Å². The molecule has 0 saturated carbocycles. The average Bonchev–Trinajstić information content (AvgIpc) is 2.45. The van der Waals surface area contributed by atoms with E-state index in [1.165, 1.54) is 12.8 Å². The van der Waals surface area contributed by atoms with Crippen molar-refractivity contribution >= 4 is 23.5 Å². The Kier molecular flexibility index (Phi) is 8.38. The first-order valence-electron chi connectivity index (χ1n) is 7.06. The number of thiocarbonyl (C=S) groups is 1. The summed E-state index contributed by atoms with van der Waals surface area (Å²) < 4.78 is 5.65. The Morgan fingerprint density at radius 1 is 1.25 bits per heavy atom. The standard InChI is InChI=1S/C15H23N3OS/c1-3-5-6-11-19-14-9-7-13(8-10-14)12-17-18-15(20)16-4-2/h7-10,12H,3-6,11H2,1-2H3,(H2,16,18,20). The Morgan fingerprint density at radius 3 is 2.65 bits per heavy atom. The van der Waals surface area contributed by atoms with Crippen molar-refractivity contribution in [3.05, 3.63) is 29.8 Å². The molecule has 0 atom stereocenters. The Morgan fingerprint density at radius 2 is 2.00 bits per heavy atom. The molecule has 0 amide bonds. The van der Waals surface area contributed by atoms with Crippen LogP contribution in [0.25, 0.3) is 0 Å². The van der Waals surface area contributed by atoms with Crippen molar-refractivity contribution < 1.29 is 4.74 Å². The highest BCUT2D eigenvalue weighted by atomic mass is 32.1. The van der Waals surface area contributed by atoms with Crippen LogP contribution in [0, 0.1) is 0 Å². The van der Waals surface area contributed by atoms with Gasteiger partial charge in [0.2, 0.25) is 0 Å². The second-order valence-corrected chi connectivity index (χ2v) is 4.76. The van der Waals surface area contributed by atoms with Crippen LogP contribution in [0.1, 0.15) is 38.7 Å². The largest absolute Gasteiger partial charge is 0.494 e. The summed E-state index contributed by atoms with van der Waals surface area (Å²) in [6.07, 6.45) is 5.25. The van der Waals surface area contributed by atoms with Crippen LogP contribution in [0.5, 0.6) is 5.75 Å². The lowest BCUT2D eigenvalue weighted by Crippen LogP contribution is -2.31. The Bertz CT molecular complexity index is 418. The van der Waals surface area contributed by atoms with Gasteiger partial charge in [0, 0.05) is 6.54 Å². The van der Waals surface area contributed by atoms with Gasteiger partial charge in [-0.3, -0.25) is 5.43 Å². The first-order valence-corrected chi connectivity index (χ1v) is 7.46. The lowest BCUT2D eigenvalue weighted by molar-refractivity contribution is 0.306. The molecule has 0 aliphatic heterocycles. The zero-order valence-corrected chi connectivity index (χ0v) is 13.0. The molecule has 2 N–H and O–H groups in total. The first kappa shape index (κ1) is 16.4. The summed E-state index contributed by atoms with van der Waals surface area (Å²) in [6.45, 7) is 5.73. The monoisotopic (exact) mass is 293 g/mol. The van der Waals surface area contributed by atoms with E-state index >= 15 is 0 Å². The van der Waals surface area contributed by atoms with Crippen molar-refractivity contribution in [2.45, 2.75) is 33.1 Å². The molecular weight excluding hydrogens is 270 g/mol. The highest BCUT2D eigenvalue weighted by Crippen LogP contribution is 2.11. The number of hydrogen-bond donors (Lipinski definition) is 2. The summed E-state index contributed by atoms with van der Waals surface area (Å²) in [6, 6.07) is 7.85. The summed E-state index contributed by atoms with van der Waals surface area (Å²) in [7, 11) is 0. The van der Waals surface area contributed by atoms with Crippen molar-refractivity contribution in [2.75, 3.05) is 13.2 Å². The normalized spacial score (nSPS) is 10.5. The van der Waals surface area contributed by atoms with Crippen molar-refractivity contribution in [1.29, 1.82) is 0 Å². The van der Waals surface area contributed by atoms with Crippen LogP contribution < -0.4 is 15.5 Å². The summed E-state index contributed by atoms with van der Waals surface area (Å²) in [5.41, 5.74) is 3.75. The minimum Gasteiger partial charge on any atom is -0.494 e. The van der Waals surface area contributed by atoms with E-state index < -0.39 is 0 Å². The number of nitrogens with one attached hydrogen (secondary N) is 2.